The number of nitrogens with zero attached hydrogens (tertiary/aromatic N) is 4. The van der Waals surface area contributed by atoms with Gasteiger partial charge in [0.2, 0.25) is 0 Å². The molecule has 2 aliphatic heterocycles. The van der Waals surface area contributed by atoms with E-state index in [0.717, 1.165) is 30.8 Å². The maximum absolute atomic E-state index is 9.21. The fourth-order valence-electron chi connectivity index (χ4n) is 5.14. The molecule has 0 N–H and O–H groups in total. The van der Waals surface area contributed by atoms with E-state index in [0.29, 0.717) is 17.4 Å². The minimum atomic E-state index is 0.406. The molecule has 1 unspecified atom stereocenters. The molecule has 1 spiro atoms. The first-order valence-electron chi connectivity index (χ1n) is 10.9. The van der Waals surface area contributed by atoms with E-state index in [2.05, 4.69) is 72.1 Å². The average Bonchev–Trinajstić information content (AvgIpc) is 3.04. The molecule has 4 rings (SSSR count). The highest BCUT2D eigenvalue weighted by molar-refractivity contribution is 5.55. The lowest BCUT2D eigenvalue weighted by Gasteiger charge is -2.40. The van der Waals surface area contributed by atoms with Crippen molar-refractivity contribution in [3.63, 3.8) is 0 Å². The summed E-state index contributed by atoms with van der Waals surface area (Å²) in [5.74, 6) is 0.477. The number of aromatic nitrogens is 1. The van der Waals surface area contributed by atoms with Gasteiger partial charge in [0.05, 0.1) is 23.5 Å². The SMILES string of the molecule is Cc1cc(N2CC3(CCN(c4ccc(C(C)C)nc4)CC3)CC2C)ccc1C#N. The van der Waals surface area contributed by atoms with E-state index in [4.69, 9.17) is 0 Å². The number of aryl methyl sites for hydroxylation is 1. The molecule has 1 aromatic carbocycles. The molecule has 0 radical (unpaired) electrons. The summed E-state index contributed by atoms with van der Waals surface area (Å²) in [5, 5.41) is 9.21. The number of piperidine rings is 1. The Kier molecular flexibility index (Phi) is 5.25. The Morgan fingerprint density at radius 1 is 1.14 bits per heavy atom. The molecule has 0 amide bonds. The molecule has 2 aromatic rings. The molecule has 4 heteroatoms. The first kappa shape index (κ1) is 19.8. The molecule has 2 aliphatic rings. The molecule has 3 heterocycles. The number of anilines is 2. The number of hydrogen-bond donors (Lipinski definition) is 0. The standard InChI is InChI=1S/C25H32N4/c1-18(2)24-8-7-23(16-27-24)28-11-9-25(10-12-28)14-20(4)29(17-25)22-6-5-21(15-26)19(3)13-22/h5-8,13,16,18,20H,9-12,14,17H2,1-4H3. The summed E-state index contributed by atoms with van der Waals surface area (Å²) in [4.78, 5) is 9.72. The molecular formula is C25H32N4. The molecule has 2 saturated heterocycles. The fraction of sp³-hybridized carbons (Fsp3) is 0.520. The van der Waals surface area contributed by atoms with Crippen molar-refractivity contribution < 1.29 is 0 Å². The Bertz CT molecular complexity index is 901. The average molecular weight is 389 g/mol. The zero-order chi connectivity index (χ0) is 20.6. The molecular weight excluding hydrogens is 356 g/mol. The lowest BCUT2D eigenvalue weighted by atomic mass is 9.76. The molecule has 1 aromatic heterocycles. The van der Waals surface area contributed by atoms with Crippen LogP contribution in [-0.4, -0.2) is 30.7 Å². The predicted molar refractivity (Wildman–Crippen MR) is 120 cm³/mol. The van der Waals surface area contributed by atoms with Crippen molar-refractivity contribution in [3.05, 3.63) is 53.3 Å². The van der Waals surface area contributed by atoms with Gasteiger partial charge in [-0.3, -0.25) is 4.98 Å². The third kappa shape index (κ3) is 3.83. The van der Waals surface area contributed by atoms with Gasteiger partial charge < -0.3 is 9.80 Å². The van der Waals surface area contributed by atoms with Crippen molar-refractivity contribution in [2.24, 2.45) is 5.41 Å². The minimum Gasteiger partial charge on any atom is -0.370 e. The van der Waals surface area contributed by atoms with Gasteiger partial charge in [-0.2, -0.15) is 5.26 Å². The Morgan fingerprint density at radius 2 is 1.86 bits per heavy atom. The van der Waals surface area contributed by atoms with Gasteiger partial charge in [-0.15, -0.1) is 0 Å². The van der Waals surface area contributed by atoms with Crippen molar-refractivity contribution in [1.29, 1.82) is 5.26 Å². The quantitative estimate of drug-likeness (QED) is 0.718. The van der Waals surface area contributed by atoms with Gasteiger partial charge in [0, 0.05) is 37.1 Å². The van der Waals surface area contributed by atoms with Gasteiger partial charge in [-0.25, -0.2) is 0 Å². The summed E-state index contributed by atoms with van der Waals surface area (Å²) in [6.45, 7) is 12.1. The lowest BCUT2D eigenvalue weighted by molar-refractivity contribution is 0.245. The van der Waals surface area contributed by atoms with Gasteiger partial charge in [0.25, 0.3) is 0 Å². The van der Waals surface area contributed by atoms with E-state index in [9.17, 15) is 5.26 Å². The third-order valence-electron chi connectivity index (χ3n) is 6.98. The van der Waals surface area contributed by atoms with Crippen LogP contribution >= 0.6 is 0 Å². The largest absolute Gasteiger partial charge is 0.370 e. The zero-order valence-corrected chi connectivity index (χ0v) is 18.2. The predicted octanol–water partition coefficient (Wildman–Crippen LogP) is 5.27. The van der Waals surface area contributed by atoms with Crippen molar-refractivity contribution >= 4 is 11.4 Å². The molecule has 4 nitrogen and oxygen atoms in total. The molecule has 0 aliphatic carbocycles. The van der Waals surface area contributed by atoms with Crippen LogP contribution in [0.1, 0.15) is 62.8 Å². The van der Waals surface area contributed by atoms with Crippen LogP contribution in [0.4, 0.5) is 11.4 Å². The Balaban J connectivity index is 1.43. The second kappa shape index (κ2) is 7.71. The van der Waals surface area contributed by atoms with Crippen molar-refractivity contribution in [1.82, 2.24) is 4.98 Å². The highest BCUT2D eigenvalue weighted by Gasteiger charge is 2.44. The Labute approximate surface area is 175 Å². The van der Waals surface area contributed by atoms with Crippen molar-refractivity contribution in [2.75, 3.05) is 29.4 Å². The number of rotatable bonds is 3. The van der Waals surface area contributed by atoms with Gasteiger partial charge in [-0.05, 0) is 80.3 Å². The summed E-state index contributed by atoms with van der Waals surface area (Å²) in [6, 6.07) is 13.5. The topological polar surface area (TPSA) is 43.2 Å². The van der Waals surface area contributed by atoms with E-state index >= 15 is 0 Å². The van der Waals surface area contributed by atoms with E-state index in [1.165, 1.54) is 36.3 Å². The monoisotopic (exact) mass is 388 g/mol. The van der Waals surface area contributed by atoms with Crippen LogP contribution in [0, 0.1) is 23.7 Å². The molecule has 29 heavy (non-hydrogen) atoms. The van der Waals surface area contributed by atoms with Crippen molar-refractivity contribution in [2.45, 2.75) is 58.9 Å². The maximum atomic E-state index is 9.21. The minimum absolute atomic E-state index is 0.406. The Hall–Kier alpha value is -2.54. The zero-order valence-electron chi connectivity index (χ0n) is 18.2. The smallest absolute Gasteiger partial charge is 0.0994 e. The summed E-state index contributed by atoms with van der Waals surface area (Å²) >= 11 is 0. The summed E-state index contributed by atoms with van der Waals surface area (Å²) < 4.78 is 0. The van der Waals surface area contributed by atoms with E-state index < -0.39 is 0 Å². The molecule has 0 saturated carbocycles. The van der Waals surface area contributed by atoms with E-state index in [1.54, 1.807) is 0 Å². The van der Waals surface area contributed by atoms with Gasteiger partial charge >= 0.3 is 0 Å². The maximum Gasteiger partial charge on any atom is 0.0994 e. The normalized spacial score (nSPS) is 21.0. The van der Waals surface area contributed by atoms with Crippen LogP contribution in [0.25, 0.3) is 0 Å². The number of nitriles is 1. The van der Waals surface area contributed by atoms with Crippen LogP contribution in [0.2, 0.25) is 0 Å². The second-order valence-corrected chi connectivity index (χ2v) is 9.38. The van der Waals surface area contributed by atoms with Crippen LogP contribution in [0.3, 0.4) is 0 Å². The molecule has 152 valence electrons. The van der Waals surface area contributed by atoms with Crippen LogP contribution < -0.4 is 9.80 Å². The van der Waals surface area contributed by atoms with Gasteiger partial charge in [-0.1, -0.05) is 13.8 Å². The number of pyridine rings is 1. The molecule has 0 bridgehead atoms. The summed E-state index contributed by atoms with van der Waals surface area (Å²) in [5.41, 5.74) is 5.95. The van der Waals surface area contributed by atoms with E-state index in [-0.39, 0.29) is 0 Å². The molecule has 1 atom stereocenters. The van der Waals surface area contributed by atoms with Gasteiger partial charge in [0.1, 0.15) is 0 Å². The van der Waals surface area contributed by atoms with Gasteiger partial charge in [0.15, 0.2) is 0 Å². The van der Waals surface area contributed by atoms with Crippen LogP contribution in [0.15, 0.2) is 36.5 Å². The summed E-state index contributed by atoms with van der Waals surface area (Å²) in [6.07, 6.45) is 5.77. The third-order valence-corrected chi connectivity index (χ3v) is 6.98. The summed E-state index contributed by atoms with van der Waals surface area (Å²) in [7, 11) is 0. The first-order valence-corrected chi connectivity index (χ1v) is 10.9. The Morgan fingerprint density at radius 3 is 2.45 bits per heavy atom. The first-order chi connectivity index (χ1) is 13.9. The lowest BCUT2D eigenvalue weighted by Crippen LogP contribution is -2.41. The number of hydrogen-bond acceptors (Lipinski definition) is 4. The highest BCUT2D eigenvalue weighted by atomic mass is 15.2. The number of benzene rings is 1. The molecule has 2 fully saturated rings. The van der Waals surface area contributed by atoms with Crippen LogP contribution in [0.5, 0.6) is 0 Å². The van der Waals surface area contributed by atoms with Crippen LogP contribution in [-0.2, 0) is 0 Å². The van der Waals surface area contributed by atoms with E-state index in [1.807, 2.05) is 13.0 Å². The van der Waals surface area contributed by atoms with Crippen molar-refractivity contribution in [3.8, 4) is 6.07 Å². The fourth-order valence-corrected chi connectivity index (χ4v) is 5.14. The second-order valence-electron chi connectivity index (χ2n) is 9.38. The highest BCUT2D eigenvalue weighted by Crippen LogP contribution is 2.45.